The first-order valence-corrected chi connectivity index (χ1v) is 15.4. The zero-order valence-corrected chi connectivity index (χ0v) is 24.0. The Balaban J connectivity index is 3.67. The van der Waals surface area contributed by atoms with Gasteiger partial charge in [-0.25, -0.2) is 0 Å². The molecule has 0 heterocycles. The lowest BCUT2D eigenvalue weighted by molar-refractivity contribution is -0.148. The van der Waals surface area contributed by atoms with Crippen molar-refractivity contribution in [2.24, 2.45) is 0 Å². The molecule has 0 aliphatic rings. The SMILES string of the molecule is CCCCCCCOC(CCCCCCCCCCCC=COCOCC)OCCCCCCC. The highest BCUT2D eigenvalue weighted by atomic mass is 16.7. The van der Waals surface area contributed by atoms with E-state index in [0.29, 0.717) is 13.4 Å². The van der Waals surface area contributed by atoms with Crippen molar-refractivity contribution in [3.05, 3.63) is 12.3 Å². The molecular formula is C31H62O4. The summed E-state index contributed by atoms with van der Waals surface area (Å²) in [6.07, 6.45) is 30.9. The zero-order chi connectivity index (χ0) is 25.5. The molecule has 0 N–H and O–H groups in total. The van der Waals surface area contributed by atoms with Crippen LogP contribution in [0.4, 0.5) is 0 Å². The van der Waals surface area contributed by atoms with Crippen molar-refractivity contribution in [3.63, 3.8) is 0 Å². The Morgan fingerprint density at radius 1 is 0.543 bits per heavy atom. The first-order chi connectivity index (χ1) is 17.3. The van der Waals surface area contributed by atoms with Gasteiger partial charge in [-0.1, -0.05) is 110 Å². The zero-order valence-electron chi connectivity index (χ0n) is 24.0. The molecule has 0 fully saturated rings. The van der Waals surface area contributed by atoms with Crippen LogP contribution >= 0.6 is 0 Å². The maximum absolute atomic E-state index is 6.13. The molecule has 4 heteroatoms. The van der Waals surface area contributed by atoms with Gasteiger partial charge < -0.3 is 18.9 Å². The summed E-state index contributed by atoms with van der Waals surface area (Å²) in [5.41, 5.74) is 0. The topological polar surface area (TPSA) is 36.9 Å². The van der Waals surface area contributed by atoms with E-state index in [0.717, 1.165) is 26.1 Å². The van der Waals surface area contributed by atoms with Gasteiger partial charge >= 0.3 is 0 Å². The standard InChI is InChI=1S/C31H62O4/c1-4-7-9-19-24-28-34-31(35-29-25-20-10-8-5-2)26-22-18-16-14-12-11-13-15-17-21-23-27-33-30-32-6-3/h23,27,31H,4-22,24-26,28-30H2,1-3H3. The molecule has 0 unspecified atom stereocenters. The fourth-order valence-electron chi connectivity index (χ4n) is 4.17. The van der Waals surface area contributed by atoms with Gasteiger partial charge in [0.15, 0.2) is 13.1 Å². The predicted octanol–water partition coefficient (Wildman–Crippen LogP) is 10.1. The Hall–Kier alpha value is -0.580. The molecule has 0 spiro atoms. The van der Waals surface area contributed by atoms with Crippen molar-refractivity contribution < 1.29 is 18.9 Å². The minimum absolute atomic E-state index is 0.0194. The molecule has 4 nitrogen and oxygen atoms in total. The Kier molecular flexibility index (Phi) is 30.9. The van der Waals surface area contributed by atoms with Crippen LogP contribution in [0.2, 0.25) is 0 Å². The van der Waals surface area contributed by atoms with Crippen LogP contribution in [0.15, 0.2) is 12.3 Å². The van der Waals surface area contributed by atoms with Crippen molar-refractivity contribution in [3.8, 4) is 0 Å². The quantitative estimate of drug-likeness (QED) is 0.0560. The average molecular weight is 499 g/mol. The van der Waals surface area contributed by atoms with Gasteiger partial charge in [0, 0.05) is 19.8 Å². The summed E-state index contributed by atoms with van der Waals surface area (Å²) in [4.78, 5) is 0. The summed E-state index contributed by atoms with van der Waals surface area (Å²) in [5.74, 6) is 0. The third kappa shape index (κ3) is 29.5. The van der Waals surface area contributed by atoms with E-state index < -0.39 is 0 Å². The summed E-state index contributed by atoms with van der Waals surface area (Å²) in [5, 5.41) is 0. The second kappa shape index (κ2) is 31.4. The molecule has 35 heavy (non-hydrogen) atoms. The maximum Gasteiger partial charge on any atom is 0.188 e. The van der Waals surface area contributed by atoms with Crippen LogP contribution in [0.3, 0.4) is 0 Å². The van der Waals surface area contributed by atoms with Crippen LogP contribution in [0.1, 0.15) is 156 Å². The first-order valence-electron chi connectivity index (χ1n) is 15.4. The molecule has 0 aliphatic carbocycles. The Morgan fingerprint density at radius 2 is 1.03 bits per heavy atom. The second-order valence-electron chi connectivity index (χ2n) is 9.91. The molecule has 0 rings (SSSR count). The predicted molar refractivity (Wildman–Crippen MR) is 151 cm³/mol. The van der Waals surface area contributed by atoms with Crippen LogP contribution in [0, 0.1) is 0 Å². The van der Waals surface area contributed by atoms with Crippen molar-refractivity contribution in [1.29, 1.82) is 0 Å². The molecular weight excluding hydrogens is 436 g/mol. The van der Waals surface area contributed by atoms with Gasteiger partial charge in [0.2, 0.25) is 0 Å². The lowest BCUT2D eigenvalue weighted by atomic mass is 10.1. The molecule has 0 aromatic heterocycles. The molecule has 210 valence electrons. The molecule has 0 aromatic carbocycles. The minimum Gasteiger partial charge on any atom is -0.475 e. The second-order valence-corrected chi connectivity index (χ2v) is 9.91. The van der Waals surface area contributed by atoms with Crippen molar-refractivity contribution in [2.75, 3.05) is 26.6 Å². The van der Waals surface area contributed by atoms with Gasteiger partial charge in [-0.15, -0.1) is 0 Å². The number of ether oxygens (including phenoxy) is 4. The Labute approximate surface area is 219 Å². The van der Waals surface area contributed by atoms with E-state index in [1.54, 1.807) is 6.26 Å². The number of hydrogen-bond acceptors (Lipinski definition) is 4. The summed E-state index contributed by atoms with van der Waals surface area (Å²) in [7, 11) is 0. The van der Waals surface area contributed by atoms with Crippen LogP contribution < -0.4 is 0 Å². The van der Waals surface area contributed by atoms with E-state index in [1.807, 2.05) is 6.92 Å². The minimum atomic E-state index is 0.0194. The molecule has 0 bridgehead atoms. The van der Waals surface area contributed by atoms with E-state index in [9.17, 15) is 0 Å². The highest BCUT2D eigenvalue weighted by molar-refractivity contribution is 4.72. The van der Waals surface area contributed by atoms with Crippen molar-refractivity contribution in [1.82, 2.24) is 0 Å². The van der Waals surface area contributed by atoms with E-state index in [1.165, 1.54) is 122 Å². The third-order valence-electron chi connectivity index (χ3n) is 6.46. The van der Waals surface area contributed by atoms with E-state index in [4.69, 9.17) is 18.9 Å². The molecule has 0 amide bonds. The number of unbranched alkanes of at least 4 members (excludes halogenated alkanes) is 17. The Bertz CT molecular complexity index is 383. The molecule has 0 saturated carbocycles. The first kappa shape index (κ1) is 34.4. The van der Waals surface area contributed by atoms with Crippen LogP contribution in [-0.4, -0.2) is 32.9 Å². The number of hydrogen-bond donors (Lipinski definition) is 0. The fraction of sp³-hybridized carbons (Fsp3) is 0.935. The lowest BCUT2D eigenvalue weighted by Gasteiger charge is -2.19. The highest BCUT2D eigenvalue weighted by Crippen LogP contribution is 2.15. The number of rotatable bonds is 30. The Morgan fingerprint density at radius 3 is 1.57 bits per heavy atom. The van der Waals surface area contributed by atoms with Crippen molar-refractivity contribution >= 4 is 0 Å². The molecule has 0 saturated heterocycles. The van der Waals surface area contributed by atoms with Gasteiger partial charge in [0.25, 0.3) is 0 Å². The molecule has 0 aliphatic heterocycles. The van der Waals surface area contributed by atoms with E-state index >= 15 is 0 Å². The van der Waals surface area contributed by atoms with Gasteiger partial charge in [0.1, 0.15) is 0 Å². The third-order valence-corrected chi connectivity index (χ3v) is 6.46. The van der Waals surface area contributed by atoms with Gasteiger partial charge in [-0.2, -0.15) is 0 Å². The molecule has 0 atom stereocenters. The largest absolute Gasteiger partial charge is 0.475 e. The smallest absolute Gasteiger partial charge is 0.188 e. The summed E-state index contributed by atoms with van der Waals surface area (Å²) >= 11 is 0. The molecule has 0 radical (unpaired) electrons. The van der Waals surface area contributed by atoms with Gasteiger partial charge in [-0.3, -0.25) is 0 Å². The van der Waals surface area contributed by atoms with E-state index in [2.05, 4.69) is 19.9 Å². The monoisotopic (exact) mass is 498 g/mol. The average Bonchev–Trinajstić information content (AvgIpc) is 2.87. The van der Waals surface area contributed by atoms with Gasteiger partial charge in [0.05, 0.1) is 6.26 Å². The van der Waals surface area contributed by atoms with Crippen LogP contribution in [0.25, 0.3) is 0 Å². The normalized spacial score (nSPS) is 11.8. The molecule has 0 aromatic rings. The van der Waals surface area contributed by atoms with Crippen molar-refractivity contribution in [2.45, 2.75) is 162 Å². The van der Waals surface area contributed by atoms with Gasteiger partial charge in [-0.05, 0) is 51.5 Å². The maximum atomic E-state index is 6.13. The van der Waals surface area contributed by atoms with Crippen LogP contribution in [0.5, 0.6) is 0 Å². The lowest BCUT2D eigenvalue weighted by Crippen LogP contribution is -2.19. The summed E-state index contributed by atoms with van der Waals surface area (Å²) in [6.45, 7) is 9.30. The fourth-order valence-corrected chi connectivity index (χ4v) is 4.17. The highest BCUT2D eigenvalue weighted by Gasteiger charge is 2.09. The summed E-state index contributed by atoms with van der Waals surface area (Å²) < 4.78 is 22.6. The van der Waals surface area contributed by atoms with E-state index in [-0.39, 0.29) is 6.29 Å². The summed E-state index contributed by atoms with van der Waals surface area (Å²) in [6, 6.07) is 0. The number of allylic oxidation sites excluding steroid dienone is 1. The van der Waals surface area contributed by atoms with Crippen LogP contribution in [-0.2, 0) is 18.9 Å².